The van der Waals surface area contributed by atoms with E-state index in [1.54, 1.807) is 6.21 Å². The van der Waals surface area contributed by atoms with Crippen LogP contribution in [0, 0.1) is 11.8 Å². The molecule has 4 heterocycles. The summed E-state index contributed by atoms with van der Waals surface area (Å²) in [6.45, 7) is 4.30. The van der Waals surface area contributed by atoms with Gasteiger partial charge in [0.15, 0.2) is 6.20 Å². The summed E-state index contributed by atoms with van der Waals surface area (Å²) < 4.78 is -0.279. The topological polar surface area (TPSA) is 35.8 Å². The normalized spacial score (nSPS) is 34.5. The average molecular weight is 357 g/mol. The van der Waals surface area contributed by atoms with E-state index in [0.717, 1.165) is 23.6 Å². The molecule has 3 fully saturated rings. The van der Waals surface area contributed by atoms with Gasteiger partial charge in [-0.1, -0.05) is 30.3 Å². The van der Waals surface area contributed by atoms with E-state index in [1.165, 1.54) is 25.9 Å². The molecule has 3 saturated heterocycles. The van der Waals surface area contributed by atoms with E-state index in [0.29, 0.717) is 12.5 Å². The highest BCUT2D eigenvalue weighted by Crippen LogP contribution is 2.35. The monoisotopic (exact) mass is 356 g/mol. The highest BCUT2D eigenvalue weighted by atomic mass is 35.5. The molecule has 4 aliphatic rings. The van der Waals surface area contributed by atoms with E-state index in [1.807, 2.05) is 24.4 Å². The maximum atomic E-state index is 10.7. The molecule has 1 aromatic carbocycles. The second kappa shape index (κ2) is 7.32. The van der Waals surface area contributed by atoms with Crippen LogP contribution < -0.4 is 0 Å². The van der Waals surface area contributed by atoms with Crippen LogP contribution in [0.5, 0.6) is 0 Å². The van der Waals surface area contributed by atoms with Crippen LogP contribution >= 0.6 is 24.8 Å². The number of halogens is 2. The van der Waals surface area contributed by atoms with E-state index in [4.69, 9.17) is 0 Å². The molecule has 0 aliphatic carbocycles. The van der Waals surface area contributed by atoms with Crippen molar-refractivity contribution in [1.82, 2.24) is 4.90 Å². The van der Waals surface area contributed by atoms with Gasteiger partial charge >= 0.3 is 0 Å². The lowest BCUT2D eigenvalue weighted by Gasteiger charge is -2.44. The third-order valence-electron chi connectivity index (χ3n) is 5.14. The van der Waals surface area contributed by atoms with Crippen LogP contribution in [0.4, 0.5) is 0 Å². The van der Waals surface area contributed by atoms with Crippen LogP contribution in [0.15, 0.2) is 41.6 Å². The van der Waals surface area contributed by atoms with Crippen molar-refractivity contribution >= 4 is 36.6 Å². The molecule has 5 rings (SSSR count). The Hall–Kier alpha value is -0.910. The minimum absolute atomic E-state index is 0. The van der Waals surface area contributed by atoms with Crippen molar-refractivity contribution < 1.29 is 9.96 Å². The number of quaternary nitrogens is 1. The van der Waals surface area contributed by atoms with Crippen molar-refractivity contribution in [2.45, 2.75) is 12.8 Å². The lowest BCUT2D eigenvalue weighted by atomic mass is 9.79. The summed E-state index contributed by atoms with van der Waals surface area (Å²) >= 11 is 0. The van der Waals surface area contributed by atoms with Gasteiger partial charge in [0.25, 0.3) is 0 Å². The number of hydroxylamine groups is 2. The van der Waals surface area contributed by atoms with Crippen LogP contribution in [0.3, 0.4) is 0 Å². The smallest absolute Gasteiger partial charge is 0.166 e. The molecule has 0 radical (unpaired) electrons. The fourth-order valence-electron chi connectivity index (χ4n) is 3.97. The summed E-state index contributed by atoms with van der Waals surface area (Å²) in [4.78, 5) is 2.53. The summed E-state index contributed by atoms with van der Waals surface area (Å²) in [5.41, 5.74) is 2.13. The highest BCUT2D eigenvalue weighted by molar-refractivity contribution is 6.10. The van der Waals surface area contributed by atoms with Gasteiger partial charge < -0.3 is 4.90 Å². The van der Waals surface area contributed by atoms with Gasteiger partial charge in [0.05, 0.1) is 5.57 Å². The minimum Gasteiger partial charge on any atom is -0.303 e. The van der Waals surface area contributed by atoms with E-state index in [9.17, 15) is 5.21 Å². The summed E-state index contributed by atoms with van der Waals surface area (Å²) in [5, 5.41) is 15.1. The molecule has 2 atom stereocenters. The van der Waals surface area contributed by atoms with Crippen molar-refractivity contribution in [2.75, 3.05) is 26.2 Å². The predicted octanol–water partition coefficient (Wildman–Crippen LogP) is 3.42. The molecule has 2 unspecified atom stereocenters. The average Bonchev–Trinajstić information content (AvgIpc) is 2.91. The Bertz CT molecular complexity index is 585. The molecule has 0 spiro atoms. The molecule has 0 amide bonds. The highest BCUT2D eigenvalue weighted by Gasteiger charge is 2.41. The lowest BCUT2D eigenvalue weighted by molar-refractivity contribution is -1.07. The van der Waals surface area contributed by atoms with E-state index in [-0.39, 0.29) is 29.6 Å². The van der Waals surface area contributed by atoms with E-state index >= 15 is 0 Å². The molecular weight excluding hydrogens is 333 g/mol. The largest absolute Gasteiger partial charge is 0.303 e. The molecule has 1 N–H and O–H groups in total. The molecule has 0 aromatic heterocycles. The maximum absolute atomic E-state index is 10.7. The SMILES string of the molecule is Cl.Cl.O[N+]1(CC2CN3CCC2CC3)C=C(c2ccccc2)C=N1. The summed E-state index contributed by atoms with van der Waals surface area (Å²) in [6.07, 6.45) is 6.25. The molecule has 23 heavy (non-hydrogen) atoms. The summed E-state index contributed by atoms with van der Waals surface area (Å²) in [6, 6.07) is 10.2. The van der Waals surface area contributed by atoms with Crippen LogP contribution in [0.2, 0.25) is 0 Å². The van der Waals surface area contributed by atoms with Crippen molar-refractivity contribution in [3.63, 3.8) is 0 Å². The van der Waals surface area contributed by atoms with Crippen LogP contribution in [0.25, 0.3) is 5.57 Å². The van der Waals surface area contributed by atoms with Gasteiger partial charge in [-0.3, -0.25) is 0 Å². The fourth-order valence-corrected chi connectivity index (χ4v) is 3.97. The summed E-state index contributed by atoms with van der Waals surface area (Å²) in [7, 11) is 0. The molecule has 1 aromatic rings. The van der Waals surface area contributed by atoms with Crippen molar-refractivity contribution in [2.24, 2.45) is 16.9 Å². The van der Waals surface area contributed by atoms with Gasteiger partial charge in [-0.2, -0.15) is 5.21 Å². The Kier molecular flexibility index (Phi) is 5.87. The second-order valence-electron chi connectivity index (χ2n) is 6.56. The van der Waals surface area contributed by atoms with E-state index < -0.39 is 0 Å². The number of rotatable bonds is 3. The first-order valence-electron chi connectivity index (χ1n) is 7.89. The zero-order valence-electron chi connectivity index (χ0n) is 13.0. The van der Waals surface area contributed by atoms with Gasteiger partial charge in [0.2, 0.25) is 0 Å². The maximum Gasteiger partial charge on any atom is 0.166 e. The number of hydrogen-bond acceptors (Lipinski definition) is 3. The Labute approximate surface area is 149 Å². The molecule has 6 heteroatoms. The molecule has 126 valence electrons. The Morgan fingerprint density at radius 2 is 1.83 bits per heavy atom. The number of allylic oxidation sites excluding steroid dienone is 1. The number of benzene rings is 1. The molecular formula is C17H24Cl2N3O+. The predicted molar refractivity (Wildman–Crippen MR) is 97.0 cm³/mol. The number of fused-ring (bicyclic) bond motifs is 3. The zero-order chi connectivity index (χ0) is 14.3. The number of hydrogen-bond donors (Lipinski definition) is 1. The number of piperidine rings is 3. The standard InChI is InChI=1S/C17H22N3O.2ClH/c21-20(13-17-11-19-8-6-15(17)7-9-19)12-16(10-18-20)14-4-2-1-3-5-14;;/h1-5,10,12,15,17,21H,6-9,11,13H2;2*1H/q+1;;. The fraction of sp³-hybridized carbons (Fsp3) is 0.471. The van der Waals surface area contributed by atoms with Gasteiger partial charge in [-0.05, 0) is 47.3 Å². The minimum atomic E-state index is -0.279. The first kappa shape index (κ1) is 18.4. The zero-order valence-corrected chi connectivity index (χ0v) is 14.7. The quantitative estimate of drug-likeness (QED) is 0.842. The van der Waals surface area contributed by atoms with Crippen LogP contribution in [-0.2, 0) is 0 Å². The molecule has 4 nitrogen and oxygen atoms in total. The third kappa shape index (κ3) is 3.78. The van der Waals surface area contributed by atoms with Crippen molar-refractivity contribution in [3.8, 4) is 0 Å². The Morgan fingerprint density at radius 3 is 2.43 bits per heavy atom. The van der Waals surface area contributed by atoms with E-state index in [2.05, 4.69) is 22.1 Å². The third-order valence-corrected chi connectivity index (χ3v) is 5.14. The molecule has 2 bridgehead atoms. The van der Waals surface area contributed by atoms with Crippen molar-refractivity contribution in [3.05, 3.63) is 42.1 Å². The van der Waals surface area contributed by atoms with Gasteiger partial charge in [-0.15, -0.1) is 24.8 Å². The van der Waals surface area contributed by atoms with Crippen molar-refractivity contribution in [1.29, 1.82) is 0 Å². The summed E-state index contributed by atoms with van der Waals surface area (Å²) in [5.74, 6) is 1.32. The van der Waals surface area contributed by atoms with Crippen LogP contribution in [-0.4, -0.2) is 47.3 Å². The van der Waals surface area contributed by atoms with Crippen LogP contribution in [0.1, 0.15) is 18.4 Å². The van der Waals surface area contributed by atoms with Gasteiger partial charge in [0.1, 0.15) is 12.8 Å². The lowest BCUT2D eigenvalue weighted by Crippen LogP contribution is -2.52. The first-order valence-corrected chi connectivity index (χ1v) is 7.89. The number of nitrogens with zero attached hydrogens (tertiary/aromatic N) is 3. The molecule has 0 saturated carbocycles. The molecule has 4 aliphatic heterocycles. The Morgan fingerprint density at radius 1 is 1.13 bits per heavy atom. The second-order valence-corrected chi connectivity index (χ2v) is 6.56. The Balaban J connectivity index is 0.000000960. The first-order chi connectivity index (χ1) is 10.2. The van der Waals surface area contributed by atoms with Gasteiger partial charge in [0, 0.05) is 12.5 Å². The van der Waals surface area contributed by atoms with Gasteiger partial charge in [-0.25, -0.2) is 0 Å².